The molecule has 0 bridgehead atoms. The number of benzene rings is 2. The van der Waals surface area contributed by atoms with Gasteiger partial charge in [0, 0.05) is 10.1 Å². The molecule has 3 rings (SSSR count). The molecule has 2 aromatic rings. The Kier molecular flexibility index (Phi) is 6.14. The van der Waals surface area contributed by atoms with Crippen LogP contribution in [-0.2, 0) is 4.79 Å². The molecule has 5 nitrogen and oxygen atoms in total. The van der Waals surface area contributed by atoms with Crippen LogP contribution in [0.1, 0.15) is 6.92 Å². The molecule has 1 N–H and O–H groups in total. The third-order valence-electron chi connectivity index (χ3n) is 3.99. The Bertz CT molecular complexity index is 738. The van der Waals surface area contributed by atoms with Gasteiger partial charge in [-0.2, -0.15) is 0 Å². The summed E-state index contributed by atoms with van der Waals surface area (Å²) in [6.07, 6.45) is -0.0838. The molecule has 0 saturated carbocycles. The fourth-order valence-corrected chi connectivity index (χ4v) is 3.22. The lowest BCUT2D eigenvalue weighted by molar-refractivity contribution is -0.117. The SMILES string of the molecule is CCN(CC(=O)Nc1ccccc1I)CC1COc2ccccc2O1. The molecular formula is C19H21IN2O3. The van der Waals surface area contributed by atoms with E-state index >= 15 is 0 Å². The number of para-hydroxylation sites is 3. The minimum Gasteiger partial charge on any atom is -0.486 e. The number of fused-ring (bicyclic) bond motifs is 1. The molecule has 132 valence electrons. The summed E-state index contributed by atoms with van der Waals surface area (Å²) in [7, 11) is 0. The first-order chi connectivity index (χ1) is 12.2. The summed E-state index contributed by atoms with van der Waals surface area (Å²) in [5, 5.41) is 2.97. The topological polar surface area (TPSA) is 50.8 Å². The zero-order valence-electron chi connectivity index (χ0n) is 14.1. The molecule has 1 heterocycles. The first kappa shape index (κ1) is 18.0. The zero-order chi connectivity index (χ0) is 17.6. The normalized spacial score (nSPS) is 15.9. The third-order valence-corrected chi connectivity index (χ3v) is 4.93. The number of amides is 1. The molecule has 2 aromatic carbocycles. The number of rotatable bonds is 6. The largest absolute Gasteiger partial charge is 0.486 e. The van der Waals surface area contributed by atoms with Crippen LogP contribution in [0.25, 0.3) is 0 Å². The monoisotopic (exact) mass is 452 g/mol. The fraction of sp³-hybridized carbons (Fsp3) is 0.316. The summed E-state index contributed by atoms with van der Waals surface area (Å²) < 4.78 is 12.8. The molecule has 1 atom stereocenters. The van der Waals surface area contributed by atoms with Gasteiger partial charge in [-0.3, -0.25) is 9.69 Å². The van der Waals surface area contributed by atoms with E-state index in [0.717, 1.165) is 27.3 Å². The van der Waals surface area contributed by atoms with E-state index in [4.69, 9.17) is 9.47 Å². The number of nitrogens with one attached hydrogen (secondary N) is 1. The minimum atomic E-state index is -0.0838. The molecule has 0 fully saturated rings. The Hall–Kier alpha value is -1.80. The Morgan fingerprint density at radius 1 is 1.20 bits per heavy atom. The van der Waals surface area contributed by atoms with E-state index in [0.29, 0.717) is 19.7 Å². The maximum absolute atomic E-state index is 12.3. The van der Waals surface area contributed by atoms with Gasteiger partial charge in [0.15, 0.2) is 11.5 Å². The summed E-state index contributed by atoms with van der Waals surface area (Å²) in [4.78, 5) is 14.4. The van der Waals surface area contributed by atoms with Crippen LogP contribution in [-0.4, -0.2) is 43.2 Å². The van der Waals surface area contributed by atoms with Crippen LogP contribution in [0.2, 0.25) is 0 Å². The Morgan fingerprint density at radius 3 is 2.68 bits per heavy atom. The highest BCUT2D eigenvalue weighted by Crippen LogP contribution is 2.31. The maximum Gasteiger partial charge on any atom is 0.238 e. The predicted molar refractivity (Wildman–Crippen MR) is 106 cm³/mol. The maximum atomic E-state index is 12.3. The Balaban J connectivity index is 1.54. The first-order valence-electron chi connectivity index (χ1n) is 8.31. The average molecular weight is 452 g/mol. The number of likely N-dealkylation sites (N-methyl/N-ethyl adjacent to an activating group) is 1. The molecule has 0 spiro atoms. The molecule has 0 aliphatic carbocycles. The van der Waals surface area contributed by atoms with E-state index in [1.54, 1.807) is 0 Å². The van der Waals surface area contributed by atoms with Gasteiger partial charge in [0.05, 0.1) is 12.2 Å². The van der Waals surface area contributed by atoms with Crippen molar-refractivity contribution in [1.29, 1.82) is 0 Å². The van der Waals surface area contributed by atoms with Crippen molar-refractivity contribution < 1.29 is 14.3 Å². The zero-order valence-corrected chi connectivity index (χ0v) is 16.2. The summed E-state index contributed by atoms with van der Waals surface area (Å²) in [6.45, 7) is 4.26. The Morgan fingerprint density at radius 2 is 1.92 bits per heavy atom. The van der Waals surface area contributed by atoms with Crippen molar-refractivity contribution in [3.63, 3.8) is 0 Å². The molecule has 6 heteroatoms. The highest BCUT2D eigenvalue weighted by atomic mass is 127. The third kappa shape index (κ3) is 4.85. The van der Waals surface area contributed by atoms with E-state index in [9.17, 15) is 4.79 Å². The number of halogens is 1. The van der Waals surface area contributed by atoms with Crippen LogP contribution in [0.3, 0.4) is 0 Å². The van der Waals surface area contributed by atoms with Crippen LogP contribution >= 0.6 is 22.6 Å². The highest BCUT2D eigenvalue weighted by molar-refractivity contribution is 14.1. The quantitative estimate of drug-likeness (QED) is 0.683. The molecule has 1 aliphatic rings. The molecular weight excluding hydrogens is 431 g/mol. The lowest BCUT2D eigenvalue weighted by Gasteiger charge is -2.30. The number of carbonyl (C=O) groups is 1. The van der Waals surface area contributed by atoms with Crippen molar-refractivity contribution in [1.82, 2.24) is 4.90 Å². The smallest absolute Gasteiger partial charge is 0.238 e. The number of carbonyl (C=O) groups excluding carboxylic acids is 1. The Labute approximate surface area is 161 Å². The van der Waals surface area contributed by atoms with Gasteiger partial charge in [0.1, 0.15) is 12.7 Å². The van der Waals surface area contributed by atoms with Crippen molar-refractivity contribution in [2.45, 2.75) is 13.0 Å². The number of ether oxygens (including phenoxy) is 2. The van der Waals surface area contributed by atoms with Gasteiger partial charge >= 0.3 is 0 Å². The lowest BCUT2D eigenvalue weighted by Crippen LogP contribution is -2.43. The molecule has 0 radical (unpaired) electrons. The van der Waals surface area contributed by atoms with E-state index in [2.05, 4.69) is 32.8 Å². The number of hydrogen-bond acceptors (Lipinski definition) is 4. The summed E-state index contributed by atoms with van der Waals surface area (Å²) in [5.41, 5.74) is 0.843. The lowest BCUT2D eigenvalue weighted by atomic mass is 10.2. The van der Waals surface area contributed by atoms with Gasteiger partial charge in [-0.25, -0.2) is 0 Å². The molecule has 0 aromatic heterocycles. The summed E-state index contributed by atoms with van der Waals surface area (Å²) in [5.74, 6) is 1.51. The van der Waals surface area contributed by atoms with Crippen LogP contribution in [0.5, 0.6) is 11.5 Å². The van der Waals surface area contributed by atoms with Gasteiger partial charge in [-0.1, -0.05) is 31.2 Å². The average Bonchev–Trinajstić information content (AvgIpc) is 2.63. The van der Waals surface area contributed by atoms with Crippen LogP contribution in [0, 0.1) is 3.57 Å². The van der Waals surface area contributed by atoms with Crippen LogP contribution < -0.4 is 14.8 Å². The standard InChI is InChI=1S/C19H21IN2O3/c1-2-22(12-19(23)21-16-8-4-3-7-15(16)20)11-14-13-24-17-9-5-6-10-18(17)25-14/h3-10,14H,2,11-13H2,1H3,(H,21,23). The molecule has 1 unspecified atom stereocenters. The second-order valence-electron chi connectivity index (χ2n) is 5.85. The first-order valence-corrected chi connectivity index (χ1v) is 9.39. The molecule has 0 saturated heterocycles. The van der Waals surface area contributed by atoms with E-state index in [-0.39, 0.29) is 12.0 Å². The summed E-state index contributed by atoms with van der Waals surface area (Å²) in [6, 6.07) is 15.4. The molecule has 1 amide bonds. The van der Waals surface area contributed by atoms with E-state index in [1.165, 1.54) is 0 Å². The minimum absolute atomic E-state index is 0.0249. The van der Waals surface area contributed by atoms with E-state index < -0.39 is 0 Å². The summed E-state index contributed by atoms with van der Waals surface area (Å²) >= 11 is 2.22. The van der Waals surface area contributed by atoms with Gasteiger partial charge in [0.2, 0.25) is 5.91 Å². The number of anilines is 1. The van der Waals surface area contributed by atoms with Crippen LogP contribution in [0.15, 0.2) is 48.5 Å². The number of hydrogen-bond donors (Lipinski definition) is 1. The van der Waals surface area contributed by atoms with Crippen molar-refractivity contribution in [3.8, 4) is 11.5 Å². The second kappa shape index (κ2) is 8.53. The highest BCUT2D eigenvalue weighted by Gasteiger charge is 2.23. The van der Waals surface area contributed by atoms with E-state index in [1.807, 2.05) is 55.5 Å². The van der Waals surface area contributed by atoms with Crippen molar-refractivity contribution in [2.24, 2.45) is 0 Å². The fourth-order valence-electron chi connectivity index (χ4n) is 2.70. The number of nitrogens with zero attached hydrogens (tertiary/aromatic N) is 1. The van der Waals surface area contributed by atoms with Crippen molar-refractivity contribution >= 4 is 34.2 Å². The van der Waals surface area contributed by atoms with Gasteiger partial charge in [-0.05, 0) is 53.4 Å². The predicted octanol–water partition coefficient (Wildman–Crippen LogP) is 3.39. The van der Waals surface area contributed by atoms with Gasteiger partial charge < -0.3 is 14.8 Å². The second-order valence-corrected chi connectivity index (χ2v) is 7.02. The molecule has 25 heavy (non-hydrogen) atoms. The van der Waals surface area contributed by atoms with Crippen molar-refractivity contribution in [3.05, 3.63) is 52.1 Å². The van der Waals surface area contributed by atoms with Gasteiger partial charge in [-0.15, -0.1) is 0 Å². The van der Waals surface area contributed by atoms with Crippen LogP contribution in [0.4, 0.5) is 5.69 Å². The van der Waals surface area contributed by atoms with Crippen molar-refractivity contribution in [2.75, 3.05) is 31.6 Å². The molecule has 1 aliphatic heterocycles. The van der Waals surface area contributed by atoms with Gasteiger partial charge in [0.25, 0.3) is 0 Å².